The molecule has 2 aromatic rings. The SMILES string of the molecule is CN1C(=O)Cc2cc(NC(=O)Cc3ccccc3Cl)ccc21. The summed E-state index contributed by atoms with van der Waals surface area (Å²) in [5, 5.41) is 3.43. The van der Waals surface area contributed by atoms with E-state index in [0.717, 1.165) is 16.8 Å². The summed E-state index contributed by atoms with van der Waals surface area (Å²) in [4.78, 5) is 25.4. The second-order valence-electron chi connectivity index (χ2n) is 5.29. The lowest BCUT2D eigenvalue weighted by atomic mass is 10.1. The summed E-state index contributed by atoms with van der Waals surface area (Å²) < 4.78 is 0. The Morgan fingerprint density at radius 3 is 2.82 bits per heavy atom. The Hall–Kier alpha value is -2.33. The van der Waals surface area contributed by atoms with Crippen LogP contribution in [0, 0.1) is 0 Å². The average molecular weight is 315 g/mol. The maximum Gasteiger partial charge on any atom is 0.231 e. The van der Waals surface area contributed by atoms with E-state index in [2.05, 4.69) is 5.32 Å². The van der Waals surface area contributed by atoms with Gasteiger partial charge in [-0.2, -0.15) is 0 Å². The zero-order valence-corrected chi connectivity index (χ0v) is 12.9. The molecule has 0 saturated carbocycles. The Labute approximate surface area is 133 Å². The van der Waals surface area contributed by atoms with Crippen LogP contribution in [0.2, 0.25) is 5.02 Å². The molecule has 1 aliphatic heterocycles. The molecule has 112 valence electrons. The number of hydrogen-bond acceptors (Lipinski definition) is 2. The van der Waals surface area contributed by atoms with Crippen LogP contribution in [0.15, 0.2) is 42.5 Å². The predicted octanol–water partition coefficient (Wildman–Crippen LogP) is 3.04. The summed E-state index contributed by atoms with van der Waals surface area (Å²) >= 11 is 6.06. The topological polar surface area (TPSA) is 49.4 Å². The van der Waals surface area contributed by atoms with Gasteiger partial charge in [0.25, 0.3) is 0 Å². The first-order valence-electron chi connectivity index (χ1n) is 6.97. The van der Waals surface area contributed by atoms with E-state index in [0.29, 0.717) is 17.1 Å². The van der Waals surface area contributed by atoms with Crippen molar-refractivity contribution in [1.29, 1.82) is 0 Å². The highest BCUT2D eigenvalue weighted by atomic mass is 35.5. The van der Waals surface area contributed by atoms with Crippen LogP contribution < -0.4 is 10.2 Å². The maximum atomic E-state index is 12.1. The Balaban J connectivity index is 1.72. The van der Waals surface area contributed by atoms with Gasteiger partial charge in [0.1, 0.15) is 0 Å². The molecule has 0 spiro atoms. The van der Waals surface area contributed by atoms with Crippen molar-refractivity contribution in [3.63, 3.8) is 0 Å². The third-order valence-electron chi connectivity index (χ3n) is 3.75. The number of nitrogens with zero attached hydrogens (tertiary/aromatic N) is 1. The largest absolute Gasteiger partial charge is 0.326 e. The molecule has 0 aliphatic carbocycles. The van der Waals surface area contributed by atoms with Gasteiger partial charge in [-0.1, -0.05) is 29.8 Å². The molecule has 0 atom stereocenters. The van der Waals surface area contributed by atoms with Crippen LogP contribution in [0.25, 0.3) is 0 Å². The van der Waals surface area contributed by atoms with Gasteiger partial charge >= 0.3 is 0 Å². The molecule has 0 bridgehead atoms. The molecule has 2 amide bonds. The number of anilines is 2. The highest BCUT2D eigenvalue weighted by molar-refractivity contribution is 6.31. The fourth-order valence-corrected chi connectivity index (χ4v) is 2.77. The van der Waals surface area contributed by atoms with Crippen LogP contribution in [-0.2, 0) is 22.4 Å². The fourth-order valence-electron chi connectivity index (χ4n) is 2.57. The van der Waals surface area contributed by atoms with Gasteiger partial charge in [-0.3, -0.25) is 9.59 Å². The van der Waals surface area contributed by atoms with Crippen LogP contribution >= 0.6 is 11.6 Å². The van der Waals surface area contributed by atoms with E-state index in [4.69, 9.17) is 11.6 Å². The number of benzene rings is 2. The van der Waals surface area contributed by atoms with E-state index in [-0.39, 0.29) is 18.2 Å². The van der Waals surface area contributed by atoms with E-state index in [1.807, 2.05) is 30.3 Å². The van der Waals surface area contributed by atoms with Gasteiger partial charge in [0.2, 0.25) is 11.8 Å². The molecule has 2 aromatic carbocycles. The minimum atomic E-state index is -0.134. The Bertz CT molecular complexity index is 758. The molecule has 4 nitrogen and oxygen atoms in total. The number of rotatable bonds is 3. The quantitative estimate of drug-likeness (QED) is 0.946. The molecule has 0 radical (unpaired) electrons. The van der Waals surface area contributed by atoms with E-state index >= 15 is 0 Å². The van der Waals surface area contributed by atoms with Crippen molar-refractivity contribution < 1.29 is 9.59 Å². The molecule has 0 saturated heterocycles. The van der Waals surface area contributed by atoms with Crippen molar-refractivity contribution in [3.8, 4) is 0 Å². The average Bonchev–Trinajstić information content (AvgIpc) is 2.76. The summed E-state index contributed by atoms with van der Waals surface area (Å²) in [5.41, 5.74) is 3.31. The monoisotopic (exact) mass is 314 g/mol. The van der Waals surface area contributed by atoms with E-state index < -0.39 is 0 Å². The molecular formula is C17H15ClN2O2. The number of fused-ring (bicyclic) bond motifs is 1. The number of nitrogens with one attached hydrogen (secondary N) is 1. The fraction of sp³-hybridized carbons (Fsp3) is 0.176. The van der Waals surface area contributed by atoms with Crippen LogP contribution in [0.5, 0.6) is 0 Å². The maximum absolute atomic E-state index is 12.1. The molecular weight excluding hydrogens is 300 g/mol. The third kappa shape index (κ3) is 2.83. The summed E-state index contributed by atoms with van der Waals surface area (Å²) in [6, 6.07) is 12.8. The summed E-state index contributed by atoms with van der Waals surface area (Å²) in [6.45, 7) is 0. The second-order valence-corrected chi connectivity index (χ2v) is 5.70. The lowest BCUT2D eigenvalue weighted by Crippen LogP contribution is -2.20. The highest BCUT2D eigenvalue weighted by Crippen LogP contribution is 2.30. The molecule has 0 unspecified atom stereocenters. The van der Waals surface area contributed by atoms with Crippen molar-refractivity contribution in [3.05, 3.63) is 58.6 Å². The normalized spacial score (nSPS) is 13.2. The molecule has 5 heteroatoms. The van der Waals surface area contributed by atoms with Crippen LogP contribution in [0.3, 0.4) is 0 Å². The lowest BCUT2D eigenvalue weighted by molar-refractivity contribution is -0.117. The molecule has 1 heterocycles. The summed E-state index contributed by atoms with van der Waals surface area (Å²) in [7, 11) is 1.75. The number of carbonyl (C=O) groups is 2. The zero-order chi connectivity index (χ0) is 15.7. The van der Waals surface area contributed by atoms with Gasteiger partial charge in [0.15, 0.2) is 0 Å². The standard InChI is InChI=1S/C17H15ClN2O2/c1-20-15-7-6-13(8-12(15)10-17(20)22)19-16(21)9-11-4-2-3-5-14(11)18/h2-8H,9-10H2,1H3,(H,19,21). The van der Waals surface area contributed by atoms with Crippen molar-refractivity contribution in [2.45, 2.75) is 12.8 Å². The first-order chi connectivity index (χ1) is 10.5. The van der Waals surface area contributed by atoms with Crippen LogP contribution in [-0.4, -0.2) is 18.9 Å². The number of carbonyl (C=O) groups excluding carboxylic acids is 2. The first-order valence-corrected chi connectivity index (χ1v) is 7.35. The van der Waals surface area contributed by atoms with Crippen LogP contribution in [0.4, 0.5) is 11.4 Å². The molecule has 1 aliphatic rings. The second kappa shape index (κ2) is 5.81. The van der Waals surface area contributed by atoms with Gasteiger partial charge in [0.05, 0.1) is 12.8 Å². The minimum Gasteiger partial charge on any atom is -0.326 e. The third-order valence-corrected chi connectivity index (χ3v) is 4.12. The molecule has 3 rings (SSSR count). The lowest BCUT2D eigenvalue weighted by Gasteiger charge is -2.11. The predicted molar refractivity (Wildman–Crippen MR) is 87.3 cm³/mol. The van der Waals surface area contributed by atoms with Crippen molar-refractivity contribution in [1.82, 2.24) is 0 Å². The van der Waals surface area contributed by atoms with E-state index in [1.165, 1.54) is 0 Å². The smallest absolute Gasteiger partial charge is 0.231 e. The summed E-state index contributed by atoms with van der Waals surface area (Å²) in [5.74, 6) is -0.0692. The number of hydrogen-bond donors (Lipinski definition) is 1. The zero-order valence-electron chi connectivity index (χ0n) is 12.1. The number of halogens is 1. The number of likely N-dealkylation sites (N-methyl/N-ethyl adjacent to an activating group) is 1. The highest BCUT2D eigenvalue weighted by Gasteiger charge is 2.24. The first kappa shape index (κ1) is 14.6. The van der Waals surface area contributed by atoms with Crippen molar-refractivity contribution in [2.75, 3.05) is 17.3 Å². The Kier molecular flexibility index (Phi) is 3.86. The van der Waals surface area contributed by atoms with Gasteiger partial charge in [-0.25, -0.2) is 0 Å². The Morgan fingerprint density at radius 2 is 2.05 bits per heavy atom. The van der Waals surface area contributed by atoms with E-state index in [1.54, 1.807) is 24.1 Å². The molecule has 22 heavy (non-hydrogen) atoms. The van der Waals surface area contributed by atoms with Gasteiger partial charge in [0, 0.05) is 23.4 Å². The van der Waals surface area contributed by atoms with Crippen molar-refractivity contribution >= 4 is 34.8 Å². The minimum absolute atomic E-state index is 0.0644. The molecule has 0 aromatic heterocycles. The van der Waals surface area contributed by atoms with Crippen molar-refractivity contribution in [2.24, 2.45) is 0 Å². The van der Waals surface area contributed by atoms with Gasteiger partial charge < -0.3 is 10.2 Å². The number of amides is 2. The van der Waals surface area contributed by atoms with Gasteiger partial charge in [-0.15, -0.1) is 0 Å². The van der Waals surface area contributed by atoms with E-state index in [9.17, 15) is 9.59 Å². The Morgan fingerprint density at radius 1 is 1.27 bits per heavy atom. The molecule has 1 N–H and O–H groups in total. The molecule has 0 fully saturated rings. The van der Waals surface area contributed by atoms with Gasteiger partial charge in [-0.05, 0) is 35.4 Å². The summed E-state index contributed by atoms with van der Waals surface area (Å²) in [6.07, 6.45) is 0.593. The van der Waals surface area contributed by atoms with Crippen LogP contribution in [0.1, 0.15) is 11.1 Å².